The topological polar surface area (TPSA) is 71.5 Å². The van der Waals surface area contributed by atoms with E-state index in [1.807, 2.05) is 0 Å². The van der Waals surface area contributed by atoms with Crippen LogP contribution in [0.5, 0.6) is 5.75 Å². The molecule has 2 heterocycles. The molecule has 1 saturated heterocycles. The van der Waals surface area contributed by atoms with Crippen molar-refractivity contribution in [1.29, 1.82) is 0 Å². The first-order valence-electron chi connectivity index (χ1n) is 7.21. The molecule has 0 unspecified atom stereocenters. The maximum atomic E-state index is 12.5. The van der Waals surface area contributed by atoms with Gasteiger partial charge in [-0.3, -0.25) is 20.0 Å². The van der Waals surface area contributed by atoms with Crippen LogP contribution in [0.15, 0.2) is 53.7 Å². The van der Waals surface area contributed by atoms with Gasteiger partial charge >= 0.3 is 0 Å². The summed E-state index contributed by atoms with van der Waals surface area (Å²) in [6.45, 7) is 0. The molecule has 1 aliphatic heterocycles. The van der Waals surface area contributed by atoms with Crippen LogP contribution in [0.1, 0.15) is 15.9 Å². The first-order chi connectivity index (χ1) is 12.1. The lowest BCUT2D eigenvalue weighted by atomic mass is 10.2. The minimum Gasteiger partial charge on any atom is -0.497 e. The number of rotatable bonds is 4. The summed E-state index contributed by atoms with van der Waals surface area (Å²) in [6.07, 6.45) is 4.98. The molecule has 0 saturated carbocycles. The number of carbonyl (C=O) groups is 2. The van der Waals surface area contributed by atoms with Crippen molar-refractivity contribution < 1.29 is 14.3 Å². The number of methoxy groups -OCH3 is 1. The molecular formula is C17H13N3O3S2. The summed E-state index contributed by atoms with van der Waals surface area (Å²) < 4.78 is 5.33. The second-order valence-electron chi connectivity index (χ2n) is 4.97. The molecule has 3 rings (SSSR count). The van der Waals surface area contributed by atoms with Crippen molar-refractivity contribution in [3.05, 3.63) is 64.8 Å². The molecule has 0 spiro atoms. The smallest absolute Gasteiger partial charge is 0.285 e. The van der Waals surface area contributed by atoms with E-state index in [2.05, 4.69) is 10.4 Å². The van der Waals surface area contributed by atoms with Crippen molar-refractivity contribution in [2.45, 2.75) is 0 Å². The Hall–Kier alpha value is -2.71. The van der Waals surface area contributed by atoms with Gasteiger partial charge in [0.2, 0.25) is 0 Å². The van der Waals surface area contributed by atoms with E-state index in [1.165, 1.54) is 0 Å². The number of nitrogens with zero attached hydrogens (tertiary/aromatic N) is 2. The molecule has 0 atom stereocenters. The van der Waals surface area contributed by atoms with Crippen molar-refractivity contribution in [1.82, 2.24) is 15.4 Å². The zero-order valence-corrected chi connectivity index (χ0v) is 14.8. The highest BCUT2D eigenvalue weighted by atomic mass is 32.2. The second-order valence-corrected chi connectivity index (χ2v) is 6.64. The Morgan fingerprint density at radius 1 is 1.24 bits per heavy atom. The van der Waals surface area contributed by atoms with E-state index in [1.54, 1.807) is 62.0 Å². The zero-order valence-electron chi connectivity index (χ0n) is 13.1. The maximum absolute atomic E-state index is 12.5. The molecule has 1 fully saturated rings. The Morgan fingerprint density at radius 3 is 2.56 bits per heavy atom. The Balaban J connectivity index is 1.74. The van der Waals surface area contributed by atoms with Crippen LogP contribution in [0.3, 0.4) is 0 Å². The number of hydrogen-bond donors (Lipinski definition) is 1. The van der Waals surface area contributed by atoms with Crippen LogP contribution >= 0.6 is 24.0 Å². The molecule has 1 N–H and O–H groups in total. The van der Waals surface area contributed by atoms with Crippen molar-refractivity contribution >= 4 is 46.2 Å². The molecule has 2 amide bonds. The first kappa shape index (κ1) is 17.1. The fraction of sp³-hybridized carbons (Fsp3) is 0.0588. The van der Waals surface area contributed by atoms with Gasteiger partial charge in [0.15, 0.2) is 4.32 Å². The van der Waals surface area contributed by atoms with Crippen molar-refractivity contribution in [2.75, 3.05) is 7.11 Å². The van der Waals surface area contributed by atoms with Crippen molar-refractivity contribution in [2.24, 2.45) is 0 Å². The largest absolute Gasteiger partial charge is 0.497 e. The maximum Gasteiger partial charge on any atom is 0.285 e. The Bertz CT molecular complexity index is 851. The van der Waals surface area contributed by atoms with E-state index in [0.29, 0.717) is 16.2 Å². The Kier molecular flexibility index (Phi) is 5.11. The molecule has 2 aromatic rings. The van der Waals surface area contributed by atoms with Crippen LogP contribution in [0.4, 0.5) is 0 Å². The lowest BCUT2D eigenvalue weighted by Crippen LogP contribution is -2.44. The average molecular weight is 371 g/mol. The molecule has 1 aliphatic rings. The predicted molar refractivity (Wildman–Crippen MR) is 99.7 cm³/mol. The monoisotopic (exact) mass is 371 g/mol. The minimum atomic E-state index is -0.427. The predicted octanol–water partition coefficient (Wildman–Crippen LogP) is 2.64. The minimum absolute atomic E-state index is 0.271. The number of thiocarbonyl (C=S) groups is 1. The lowest BCUT2D eigenvalue weighted by molar-refractivity contribution is -0.123. The third-order valence-electron chi connectivity index (χ3n) is 3.36. The molecule has 1 aromatic carbocycles. The normalized spacial score (nSPS) is 15.6. The van der Waals surface area contributed by atoms with Crippen LogP contribution in [-0.2, 0) is 4.79 Å². The summed E-state index contributed by atoms with van der Waals surface area (Å²) in [6, 6.07) is 10.1. The highest BCUT2D eigenvalue weighted by molar-refractivity contribution is 8.26. The number of hydrogen-bond acceptors (Lipinski definition) is 6. The molecular weight excluding hydrogens is 358 g/mol. The van der Waals surface area contributed by atoms with Gasteiger partial charge in [-0.15, -0.1) is 0 Å². The molecule has 8 heteroatoms. The van der Waals surface area contributed by atoms with E-state index in [4.69, 9.17) is 17.0 Å². The highest BCUT2D eigenvalue weighted by Crippen LogP contribution is 2.31. The van der Waals surface area contributed by atoms with Crippen LogP contribution in [-0.4, -0.2) is 33.2 Å². The number of nitrogens with one attached hydrogen (secondary N) is 1. The highest BCUT2D eigenvalue weighted by Gasteiger charge is 2.33. The molecule has 1 aromatic heterocycles. The van der Waals surface area contributed by atoms with Gasteiger partial charge in [-0.05, 0) is 60.3 Å². The van der Waals surface area contributed by atoms with Crippen LogP contribution < -0.4 is 10.2 Å². The van der Waals surface area contributed by atoms with Crippen LogP contribution in [0.25, 0.3) is 6.08 Å². The molecule has 6 nitrogen and oxygen atoms in total. The number of aromatic nitrogens is 1. The van der Waals surface area contributed by atoms with Gasteiger partial charge in [0.1, 0.15) is 5.75 Å². The summed E-state index contributed by atoms with van der Waals surface area (Å²) in [5.41, 5.74) is 3.76. The molecule has 0 aliphatic carbocycles. The van der Waals surface area contributed by atoms with Crippen molar-refractivity contribution in [3.63, 3.8) is 0 Å². The first-order valence-corrected chi connectivity index (χ1v) is 8.44. The number of benzene rings is 1. The Labute approximate surface area is 153 Å². The van der Waals surface area contributed by atoms with Gasteiger partial charge in [-0.2, -0.15) is 5.01 Å². The number of carbonyl (C=O) groups excluding carboxylic acids is 2. The number of hydrazine groups is 1. The second kappa shape index (κ2) is 7.45. The van der Waals surface area contributed by atoms with Crippen LogP contribution in [0, 0.1) is 0 Å². The van der Waals surface area contributed by atoms with Gasteiger partial charge < -0.3 is 4.74 Å². The number of thioether (sulfide) groups is 1. The van der Waals surface area contributed by atoms with Gasteiger partial charge in [0, 0.05) is 18.0 Å². The van der Waals surface area contributed by atoms with E-state index in [-0.39, 0.29) is 10.2 Å². The third kappa shape index (κ3) is 3.86. The number of ether oxygens (including phenoxy) is 1. The summed E-state index contributed by atoms with van der Waals surface area (Å²) in [7, 11) is 1.55. The zero-order chi connectivity index (χ0) is 17.8. The molecule has 25 heavy (non-hydrogen) atoms. The number of amides is 2. The third-order valence-corrected chi connectivity index (χ3v) is 4.67. The van der Waals surface area contributed by atoms with Gasteiger partial charge in [0.25, 0.3) is 11.8 Å². The summed E-state index contributed by atoms with van der Waals surface area (Å²) in [4.78, 5) is 29.2. The summed E-state index contributed by atoms with van der Waals surface area (Å²) in [5, 5.41) is 1.08. The standard InChI is InChI=1S/C17H13N3O3S2/c1-23-13-4-2-12(3-5-13)15(21)19-20-16(22)14(25-17(20)24)10-11-6-8-18-9-7-11/h2-10H,1H3,(H,19,21)/b14-10+. The molecule has 126 valence electrons. The van der Waals surface area contributed by atoms with Gasteiger partial charge in [0.05, 0.1) is 12.0 Å². The quantitative estimate of drug-likeness (QED) is 0.658. The molecule has 0 radical (unpaired) electrons. The number of pyridine rings is 1. The summed E-state index contributed by atoms with van der Waals surface area (Å²) in [5.74, 6) is -0.153. The van der Waals surface area contributed by atoms with Gasteiger partial charge in [-0.1, -0.05) is 11.8 Å². The van der Waals surface area contributed by atoms with Crippen LogP contribution in [0.2, 0.25) is 0 Å². The van der Waals surface area contributed by atoms with E-state index in [0.717, 1.165) is 22.3 Å². The van der Waals surface area contributed by atoms with Gasteiger partial charge in [-0.25, -0.2) is 0 Å². The fourth-order valence-corrected chi connectivity index (χ4v) is 3.26. The van der Waals surface area contributed by atoms with Crippen molar-refractivity contribution in [3.8, 4) is 5.75 Å². The SMILES string of the molecule is COc1ccc(C(=O)NN2C(=O)/C(=C\c3ccncc3)SC2=S)cc1. The fourth-order valence-electron chi connectivity index (χ4n) is 2.08. The Morgan fingerprint density at radius 2 is 1.92 bits per heavy atom. The van der Waals surface area contributed by atoms with E-state index in [9.17, 15) is 9.59 Å². The average Bonchev–Trinajstić information content (AvgIpc) is 2.90. The lowest BCUT2D eigenvalue weighted by Gasteiger charge is -2.15. The summed E-state index contributed by atoms with van der Waals surface area (Å²) >= 11 is 6.33. The van der Waals surface area contributed by atoms with E-state index >= 15 is 0 Å². The van der Waals surface area contributed by atoms with E-state index < -0.39 is 5.91 Å². The molecule has 0 bridgehead atoms.